The number of rotatable bonds is 6. The van der Waals surface area contributed by atoms with Crippen molar-refractivity contribution in [2.24, 2.45) is 0 Å². The number of fused-ring (bicyclic) bond motifs is 1. The Bertz CT molecular complexity index is 899. The molecule has 138 valence electrons. The minimum absolute atomic E-state index is 0.0583. The summed E-state index contributed by atoms with van der Waals surface area (Å²) in [6, 6.07) is 20.4. The fourth-order valence-corrected chi connectivity index (χ4v) is 5.36. The molecule has 1 unspecified atom stereocenters. The highest BCUT2D eigenvalue weighted by molar-refractivity contribution is 8.01. The number of nitrogens with zero attached hydrogens (tertiary/aromatic N) is 1. The Morgan fingerprint density at radius 1 is 1.07 bits per heavy atom. The molecule has 0 aliphatic carbocycles. The van der Waals surface area contributed by atoms with Crippen molar-refractivity contribution in [3.63, 3.8) is 0 Å². The molecule has 0 saturated heterocycles. The molecule has 2 aromatic carbocycles. The fourth-order valence-electron chi connectivity index (χ4n) is 3.37. The summed E-state index contributed by atoms with van der Waals surface area (Å²) < 4.78 is 5.50. The van der Waals surface area contributed by atoms with Gasteiger partial charge in [0, 0.05) is 21.9 Å². The largest absolute Gasteiger partial charge is 0.496 e. The number of carbonyl (C=O) groups excluding carboxylic acids is 1. The number of benzene rings is 2. The van der Waals surface area contributed by atoms with Crippen LogP contribution in [0.5, 0.6) is 5.75 Å². The van der Waals surface area contributed by atoms with E-state index in [0.717, 1.165) is 17.7 Å². The van der Waals surface area contributed by atoms with E-state index in [1.165, 1.54) is 15.3 Å². The first kappa shape index (κ1) is 18.1. The van der Waals surface area contributed by atoms with E-state index in [1.807, 2.05) is 47.4 Å². The van der Waals surface area contributed by atoms with Crippen LogP contribution in [0.15, 0.2) is 70.9 Å². The molecular weight excluding hydrogens is 374 g/mol. The third-order valence-corrected chi connectivity index (χ3v) is 6.88. The third kappa shape index (κ3) is 4.04. The summed E-state index contributed by atoms with van der Waals surface area (Å²) in [6.45, 7) is 1.18. The van der Waals surface area contributed by atoms with Crippen LogP contribution < -0.4 is 4.74 Å². The number of hydrogen-bond acceptors (Lipinski definition) is 4. The van der Waals surface area contributed by atoms with E-state index in [0.29, 0.717) is 13.1 Å². The molecule has 2 heterocycles. The molecule has 1 amide bonds. The van der Waals surface area contributed by atoms with E-state index < -0.39 is 0 Å². The first-order chi connectivity index (χ1) is 13.2. The molecule has 1 aromatic heterocycles. The molecule has 0 spiro atoms. The van der Waals surface area contributed by atoms with Crippen molar-refractivity contribution in [1.29, 1.82) is 0 Å². The third-order valence-electron chi connectivity index (χ3n) is 4.71. The standard InChI is InChI=1S/C22H21NO2S2/c1-25-19-10-4-2-8-17(19)14-23(15-18-9-6-12-26-18)22(24)21-13-16-7-3-5-11-20(16)27-21/h2-12,21H,13-15H2,1H3. The van der Waals surface area contributed by atoms with E-state index in [4.69, 9.17) is 4.74 Å². The summed E-state index contributed by atoms with van der Waals surface area (Å²) in [4.78, 5) is 17.8. The lowest BCUT2D eigenvalue weighted by Crippen LogP contribution is -2.36. The Kier molecular flexibility index (Phi) is 5.50. The van der Waals surface area contributed by atoms with Crippen molar-refractivity contribution in [3.05, 3.63) is 82.0 Å². The number of hydrogen-bond donors (Lipinski definition) is 0. The molecule has 0 N–H and O–H groups in total. The van der Waals surface area contributed by atoms with Crippen LogP contribution in [0.3, 0.4) is 0 Å². The zero-order chi connectivity index (χ0) is 18.6. The number of amides is 1. The molecule has 3 nitrogen and oxygen atoms in total. The molecule has 1 aliphatic heterocycles. The zero-order valence-corrected chi connectivity index (χ0v) is 16.8. The molecule has 5 heteroatoms. The molecule has 0 fully saturated rings. The molecule has 1 aliphatic rings. The van der Waals surface area contributed by atoms with Crippen molar-refractivity contribution in [3.8, 4) is 5.75 Å². The lowest BCUT2D eigenvalue weighted by atomic mass is 10.1. The summed E-state index contributed by atoms with van der Waals surface area (Å²) in [6.07, 6.45) is 0.798. The molecular formula is C22H21NO2S2. The van der Waals surface area contributed by atoms with Crippen LogP contribution in [0.4, 0.5) is 0 Å². The van der Waals surface area contributed by atoms with E-state index >= 15 is 0 Å². The van der Waals surface area contributed by atoms with Crippen LogP contribution >= 0.6 is 23.1 Å². The van der Waals surface area contributed by atoms with Gasteiger partial charge in [0.15, 0.2) is 0 Å². The van der Waals surface area contributed by atoms with Gasteiger partial charge in [-0.2, -0.15) is 0 Å². The van der Waals surface area contributed by atoms with Gasteiger partial charge in [0.1, 0.15) is 5.75 Å². The zero-order valence-electron chi connectivity index (χ0n) is 15.1. The number of carbonyl (C=O) groups is 1. The predicted molar refractivity (Wildman–Crippen MR) is 111 cm³/mol. The Hall–Kier alpha value is -2.24. The topological polar surface area (TPSA) is 29.5 Å². The van der Waals surface area contributed by atoms with Crippen LogP contribution in [0.2, 0.25) is 0 Å². The van der Waals surface area contributed by atoms with E-state index in [1.54, 1.807) is 30.2 Å². The normalized spacial score (nSPS) is 15.4. The summed E-state index contributed by atoms with van der Waals surface area (Å²) in [5, 5.41) is 2.00. The van der Waals surface area contributed by atoms with Crippen molar-refractivity contribution in [2.75, 3.05) is 7.11 Å². The smallest absolute Gasteiger partial charge is 0.237 e. The lowest BCUT2D eigenvalue weighted by Gasteiger charge is -2.26. The van der Waals surface area contributed by atoms with E-state index in [9.17, 15) is 4.79 Å². The van der Waals surface area contributed by atoms with E-state index in [2.05, 4.69) is 23.6 Å². The monoisotopic (exact) mass is 395 g/mol. The quantitative estimate of drug-likeness (QED) is 0.588. The summed E-state index contributed by atoms with van der Waals surface area (Å²) >= 11 is 3.37. The second-order valence-corrected chi connectivity index (χ2v) is 8.78. The van der Waals surface area contributed by atoms with Crippen LogP contribution in [-0.4, -0.2) is 23.2 Å². The highest BCUT2D eigenvalue weighted by atomic mass is 32.2. The van der Waals surface area contributed by atoms with Gasteiger partial charge in [0.25, 0.3) is 0 Å². The van der Waals surface area contributed by atoms with Crippen LogP contribution in [0, 0.1) is 0 Å². The van der Waals surface area contributed by atoms with E-state index in [-0.39, 0.29) is 11.2 Å². The number of ether oxygens (including phenoxy) is 1. The van der Waals surface area contributed by atoms with Crippen molar-refractivity contribution in [2.45, 2.75) is 29.7 Å². The van der Waals surface area contributed by atoms with Gasteiger partial charge >= 0.3 is 0 Å². The first-order valence-corrected chi connectivity index (χ1v) is 10.7. The van der Waals surface area contributed by atoms with Gasteiger partial charge in [-0.25, -0.2) is 0 Å². The van der Waals surface area contributed by atoms with Crippen LogP contribution in [-0.2, 0) is 24.3 Å². The Morgan fingerprint density at radius 2 is 1.89 bits per heavy atom. The highest BCUT2D eigenvalue weighted by Crippen LogP contribution is 2.38. The Morgan fingerprint density at radius 3 is 2.67 bits per heavy atom. The predicted octanol–water partition coefficient (Wildman–Crippen LogP) is 5.00. The number of para-hydroxylation sites is 1. The first-order valence-electron chi connectivity index (χ1n) is 8.92. The van der Waals surface area contributed by atoms with Gasteiger partial charge in [-0.1, -0.05) is 42.5 Å². The number of thioether (sulfide) groups is 1. The number of thiophene rings is 1. The molecule has 0 saturated carbocycles. The summed E-state index contributed by atoms with van der Waals surface area (Å²) in [7, 11) is 1.67. The minimum Gasteiger partial charge on any atom is -0.496 e. The maximum absolute atomic E-state index is 13.4. The second kappa shape index (κ2) is 8.19. The second-order valence-electron chi connectivity index (χ2n) is 6.50. The van der Waals surface area contributed by atoms with Gasteiger partial charge in [-0.15, -0.1) is 23.1 Å². The lowest BCUT2D eigenvalue weighted by molar-refractivity contribution is -0.131. The molecule has 4 rings (SSSR count). The maximum atomic E-state index is 13.4. The maximum Gasteiger partial charge on any atom is 0.237 e. The van der Waals surface area contributed by atoms with Gasteiger partial charge in [-0.05, 0) is 35.6 Å². The summed E-state index contributed by atoms with van der Waals surface area (Å²) in [5.74, 6) is 1.01. The SMILES string of the molecule is COc1ccccc1CN(Cc1cccs1)C(=O)C1Cc2ccccc2S1. The van der Waals surface area contributed by atoms with Gasteiger partial charge in [0.2, 0.25) is 5.91 Å². The average molecular weight is 396 g/mol. The van der Waals surface area contributed by atoms with Gasteiger partial charge in [0.05, 0.1) is 18.9 Å². The summed E-state index contributed by atoms with van der Waals surface area (Å²) in [5.41, 5.74) is 2.31. The Labute approximate surface area is 168 Å². The van der Waals surface area contributed by atoms with Crippen LogP contribution in [0.1, 0.15) is 16.0 Å². The average Bonchev–Trinajstić information content (AvgIpc) is 3.36. The minimum atomic E-state index is -0.0583. The van der Waals surface area contributed by atoms with Gasteiger partial charge < -0.3 is 9.64 Å². The highest BCUT2D eigenvalue weighted by Gasteiger charge is 2.31. The molecule has 27 heavy (non-hydrogen) atoms. The molecule has 3 aromatic rings. The fraction of sp³-hybridized carbons (Fsp3) is 0.227. The van der Waals surface area contributed by atoms with Crippen molar-refractivity contribution < 1.29 is 9.53 Å². The van der Waals surface area contributed by atoms with Crippen molar-refractivity contribution in [1.82, 2.24) is 4.90 Å². The van der Waals surface area contributed by atoms with Crippen molar-refractivity contribution >= 4 is 29.0 Å². The molecule has 0 radical (unpaired) electrons. The molecule has 1 atom stereocenters. The Balaban J connectivity index is 1.57. The van der Waals surface area contributed by atoms with Gasteiger partial charge in [-0.3, -0.25) is 4.79 Å². The van der Waals surface area contributed by atoms with Crippen LogP contribution in [0.25, 0.3) is 0 Å². The number of methoxy groups -OCH3 is 1. The molecule has 0 bridgehead atoms.